The molecular weight excluding hydrogens is 339 g/mol. The first kappa shape index (κ1) is 16.1. The number of halogens is 3. The summed E-state index contributed by atoms with van der Waals surface area (Å²) in [6.07, 6.45) is -2.25. The van der Waals surface area contributed by atoms with Crippen LogP contribution in [0.15, 0.2) is 48.1 Å². The number of carbonyl (C=O) groups is 1. The maximum absolute atomic E-state index is 13.1. The van der Waals surface area contributed by atoms with Gasteiger partial charge in [0, 0.05) is 34.5 Å². The van der Waals surface area contributed by atoms with E-state index in [1.807, 2.05) is 0 Å². The molecule has 0 bridgehead atoms. The van der Waals surface area contributed by atoms with Gasteiger partial charge in [0.25, 0.3) is 0 Å². The minimum atomic E-state index is -4.49. The summed E-state index contributed by atoms with van der Waals surface area (Å²) in [5.41, 5.74) is 5.75. The summed E-state index contributed by atoms with van der Waals surface area (Å²) in [6, 6.07) is 7.38. The van der Waals surface area contributed by atoms with Gasteiger partial charge in [-0.05, 0) is 18.2 Å². The summed E-state index contributed by atoms with van der Waals surface area (Å²) < 4.78 is 39.3. The Bertz CT molecular complexity index is 905. The van der Waals surface area contributed by atoms with E-state index in [1.54, 1.807) is 29.6 Å². The Balaban J connectivity index is 2.04. The Kier molecular flexibility index (Phi) is 4.06. The maximum Gasteiger partial charge on any atom is 0.417 e. The van der Waals surface area contributed by atoms with Gasteiger partial charge in [0.15, 0.2) is 0 Å². The highest BCUT2D eigenvalue weighted by Gasteiger charge is 2.34. The zero-order valence-corrected chi connectivity index (χ0v) is 12.9. The normalized spacial score (nSPS) is 11.5. The van der Waals surface area contributed by atoms with E-state index in [-0.39, 0.29) is 10.6 Å². The largest absolute Gasteiger partial charge is 0.417 e. The van der Waals surface area contributed by atoms with Crippen molar-refractivity contribution in [3.63, 3.8) is 0 Å². The molecule has 2 heterocycles. The minimum Gasteiger partial charge on any atom is -0.366 e. The van der Waals surface area contributed by atoms with Gasteiger partial charge in [-0.25, -0.2) is 4.98 Å². The lowest BCUT2D eigenvalue weighted by Gasteiger charge is -2.09. The van der Waals surface area contributed by atoms with Gasteiger partial charge in [-0.15, -0.1) is 11.3 Å². The van der Waals surface area contributed by atoms with Crippen molar-refractivity contribution in [2.24, 2.45) is 5.73 Å². The summed E-state index contributed by atoms with van der Waals surface area (Å²) in [6.45, 7) is 0. The van der Waals surface area contributed by atoms with Crippen LogP contribution in [0.5, 0.6) is 0 Å². The van der Waals surface area contributed by atoms with Gasteiger partial charge in [0.1, 0.15) is 5.01 Å². The minimum absolute atomic E-state index is 0.0766. The third-order valence-corrected chi connectivity index (χ3v) is 4.18. The molecule has 0 aliphatic carbocycles. The van der Waals surface area contributed by atoms with Crippen LogP contribution in [0.2, 0.25) is 0 Å². The molecule has 0 saturated carbocycles. The van der Waals surface area contributed by atoms with E-state index in [0.29, 0.717) is 16.8 Å². The average molecular weight is 349 g/mol. The fourth-order valence-corrected chi connectivity index (χ4v) is 3.03. The first-order chi connectivity index (χ1) is 11.4. The number of primary amides is 1. The van der Waals surface area contributed by atoms with Crippen LogP contribution in [0, 0.1) is 0 Å². The lowest BCUT2D eigenvalue weighted by molar-refractivity contribution is -0.137. The van der Waals surface area contributed by atoms with Gasteiger partial charge in [-0.2, -0.15) is 13.2 Å². The van der Waals surface area contributed by atoms with E-state index in [1.165, 1.54) is 0 Å². The Hall–Kier alpha value is -2.74. The Labute approximate surface area is 138 Å². The number of thiazole rings is 1. The number of pyridine rings is 1. The van der Waals surface area contributed by atoms with Gasteiger partial charge < -0.3 is 5.73 Å². The first-order valence-electron chi connectivity index (χ1n) is 6.73. The van der Waals surface area contributed by atoms with Crippen molar-refractivity contribution in [2.75, 3.05) is 0 Å². The number of aromatic nitrogens is 2. The Morgan fingerprint density at radius 1 is 1.21 bits per heavy atom. The van der Waals surface area contributed by atoms with Crippen molar-refractivity contribution in [3.05, 3.63) is 59.2 Å². The highest BCUT2D eigenvalue weighted by molar-refractivity contribution is 7.13. The molecule has 2 N–H and O–H groups in total. The van der Waals surface area contributed by atoms with E-state index >= 15 is 0 Å². The molecule has 2 aromatic heterocycles. The van der Waals surface area contributed by atoms with E-state index in [4.69, 9.17) is 5.73 Å². The van der Waals surface area contributed by atoms with Crippen LogP contribution in [-0.2, 0) is 6.18 Å². The molecule has 0 aliphatic rings. The second kappa shape index (κ2) is 6.04. The predicted octanol–water partition coefficient (Wildman–Crippen LogP) is 3.99. The number of hydrogen-bond donors (Lipinski definition) is 1. The van der Waals surface area contributed by atoms with Crippen molar-refractivity contribution in [2.45, 2.75) is 6.18 Å². The monoisotopic (exact) mass is 349 g/mol. The lowest BCUT2D eigenvalue weighted by atomic mass is 10.1. The maximum atomic E-state index is 13.1. The summed E-state index contributed by atoms with van der Waals surface area (Å²) in [4.78, 5) is 19.2. The van der Waals surface area contributed by atoms with Gasteiger partial charge in [0.2, 0.25) is 5.91 Å². The molecule has 0 unspecified atom stereocenters. The number of nitrogens with zero attached hydrogens (tertiary/aromatic N) is 2. The van der Waals surface area contributed by atoms with Crippen molar-refractivity contribution in [3.8, 4) is 21.8 Å². The molecule has 4 nitrogen and oxygen atoms in total. The average Bonchev–Trinajstić information content (AvgIpc) is 3.04. The molecule has 1 aromatic carbocycles. The standard InChI is InChI=1S/C16H10F3N3OS/c17-16(18,19)12-4-5-21-7-11(12)15-22-13(8-24-15)9-2-1-3-10(6-9)14(20)23/h1-8H,(H2,20,23). The Morgan fingerprint density at radius 2 is 2.00 bits per heavy atom. The zero-order chi connectivity index (χ0) is 17.3. The molecule has 0 spiro atoms. The number of amides is 1. The lowest BCUT2D eigenvalue weighted by Crippen LogP contribution is -2.10. The zero-order valence-electron chi connectivity index (χ0n) is 12.0. The smallest absolute Gasteiger partial charge is 0.366 e. The number of carbonyl (C=O) groups excluding carboxylic acids is 1. The molecule has 0 fully saturated rings. The van der Waals surface area contributed by atoms with Gasteiger partial charge >= 0.3 is 6.18 Å². The van der Waals surface area contributed by atoms with E-state index in [2.05, 4.69) is 9.97 Å². The predicted molar refractivity (Wildman–Crippen MR) is 84.3 cm³/mol. The Morgan fingerprint density at radius 3 is 2.71 bits per heavy atom. The number of alkyl halides is 3. The number of nitrogens with two attached hydrogens (primary N) is 1. The van der Waals surface area contributed by atoms with Crippen molar-refractivity contribution in [1.29, 1.82) is 0 Å². The quantitative estimate of drug-likeness (QED) is 0.777. The highest BCUT2D eigenvalue weighted by Crippen LogP contribution is 2.38. The van der Waals surface area contributed by atoms with Crippen molar-refractivity contribution >= 4 is 17.2 Å². The van der Waals surface area contributed by atoms with Crippen LogP contribution < -0.4 is 5.73 Å². The molecule has 8 heteroatoms. The third-order valence-electron chi connectivity index (χ3n) is 3.30. The van der Waals surface area contributed by atoms with Gasteiger partial charge in [-0.1, -0.05) is 12.1 Å². The highest BCUT2D eigenvalue weighted by atomic mass is 32.1. The number of rotatable bonds is 3. The van der Waals surface area contributed by atoms with Crippen LogP contribution >= 0.6 is 11.3 Å². The molecule has 0 aliphatic heterocycles. The van der Waals surface area contributed by atoms with Crippen molar-refractivity contribution in [1.82, 2.24) is 9.97 Å². The summed E-state index contributed by atoms with van der Waals surface area (Å²) >= 11 is 1.07. The molecule has 0 radical (unpaired) electrons. The van der Waals surface area contributed by atoms with E-state index < -0.39 is 17.6 Å². The molecular formula is C16H10F3N3OS. The topological polar surface area (TPSA) is 68.9 Å². The number of benzene rings is 1. The van der Waals surface area contributed by atoms with Crippen LogP contribution in [0.25, 0.3) is 21.8 Å². The van der Waals surface area contributed by atoms with Gasteiger partial charge in [0.05, 0.1) is 11.3 Å². The van der Waals surface area contributed by atoms with Crippen LogP contribution in [0.1, 0.15) is 15.9 Å². The van der Waals surface area contributed by atoms with Crippen LogP contribution in [0.4, 0.5) is 13.2 Å². The van der Waals surface area contributed by atoms with E-state index in [9.17, 15) is 18.0 Å². The van der Waals surface area contributed by atoms with Crippen LogP contribution in [0.3, 0.4) is 0 Å². The fraction of sp³-hybridized carbons (Fsp3) is 0.0625. The molecule has 122 valence electrons. The van der Waals surface area contributed by atoms with Crippen molar-refractivity contribution < 1.29 is 18.0 Å². The second-order valence-corrected chi connectivity index (χ2v) is 5.76. The van der Waals surface area contributed by atoms with Crippen LogP contribution in [-0.4, -0.2) is 15.9 Å². The summed E-state index contributed by atoms with van der Waals surface area (Å²) in [7, 11) is 0. The third kappa shape index (κ3) is 3.13. The van der Waals surface area contributed by atoms with Gasteiger partial charge in [-0.3, -0.25) is 9.78 Å². The molecule has 3 rings (SSSR count). The molecule has 3 aromatic rings. The molecule has 0 saturated heterocycles. The molecule has 24 heavy (non-hydrogen) atoms. The summed E-state index contributed by atoms with van der Waals surface area (Å²) in [5, 5.41) is 1.83. The summed E-state index contributed by atoms with van der Waals surface area (Å²) in [5.74, 6) is -0.584. The van der Waals surface area contributed by atoms with E-state index in [0.717, 1.165) is 29.8 Å². The number of hydrogen-bond acceptors (Lipinski definition) is 4. The SMILES string of the molecule is NC(=O)c1cccc(-c2csc(-c3cnccc3C(F)(F)F)n2)c1. The molecule has 1 amide bonds. The molecule has 0 atom stereocenters. The first-order valence-corrected chi connectivity index (χ1v) is 7.61. The fourth-order valence-electron chi connectivity index (χ4n) is 2.17. The second-order valence-electron chi connectivity index (χ2n) is 4.90.